The molecule has 0 aliphatic carbocycles. The van der Waals surface area contributed by atoms with Gasteiger partial charge >= 0.3 is 0 Å². The maximum absolute atomic E-state index is 11.9. The zero-order valence-corrected chi connectivity index (χ0v) is 15.6. The summed E-state index contributed by atoms with van der Waals surface area (Å²) in [5.41, 5.74) is 6.68. The van der Waals surface area contributed by atoms with E-state index in [1.54, 1.807) is 6.92 Å². The first-order valence-corrected chi connectivity index (χ1v) is 8.70. The van der Waals surface area contributed by atoms with E-state index in [9.17, 15) is 4.79 Å². The summed E-state index contributed by atoms with van der Waals surface area (Å²) in [6, 6.07) is 3.93. The molecule has 3 N–H and O–H groups in total. The Balaban J connectivity index is 2.71. The van der Waals surface area contributed by atoms with Crippen LogP contribution < -0.4 is 15.8 Å². The quantitative estimate of drug-likeness (QED) is 0.632. The topological polar surface area (TPSA) is 64.3 Å². The van der Waals surface area contributed by atoms with Gasteiger partial charge in [-0.3, -0.25) is 4.79 Å². The predicted molar refractivity (Wildman–Crippen MR) is 92.6 cm³/mol. The van der Waals surface area contributed by atoms with Gasteiger partial charge in [-0.2, -0.15) is 0 Å². The Hall–Kier alpha value is -0.590. The van der Waals surface area contributed by atoms with Crippen molar-refractivity contribution in [1.82, 2.24) is 5.32 Å². The van der Waals surface area contributed by atoms with Gasteiger partial charge in [-0.15, -0.1) is 0 Å². The highest BCUT2D eigenvalue weighted by atomic mass is 79.9. The molecule has 0 aliphatic heterocycles. The Kier molecular flexibility index (Phi) is 8.29. The number of amides is 1. The van der Waals surface area contributed by atoms with E-state index in [-0.39, 0.29) is 5.91 Å². The van der Waals surface area contributed by atoms with Crippen molar-refractivity contribution in [3.8, 4) is 5.75 Å². The van der Waals surface area contributed by atoms with E-state index in [0.29, 0.717) is 18.8 Å². The third-order valence-corrected chi connectivity index (χ3v) is 4.16. The van der Waals surface area contributed by atoms with E-state index in [2.05, 4.69) is 44.1 Å². The van der Waals surface area contributed by atoms with E-state index in [1.165, 1.54) is 0 Å². The maximum Gasteiger partial charge on any atom is 0.260 e. The lowest BCUT2D eigenvalue weighted by atomic mass is 10.1. The summed E-state index contributed by atoms with van der Waals surface area (Å²) in [6.45, 7) is 5.10. The van der Waals surface area contributed by atoms with Gasteiger partial charge in [0.25, 0.3) is 5.91 Å². The standard InChI is InChI=1S/C15H22Br2N2O2/c1-3-4-7-19-15(20)10(2)21-14-12(16)8-11(5-6-18)9-13(14)17/h8-10H,3-7,18H2,1-2H3,(H,19,20). The number of hydrogen-bond donors (Lipinski definition) is 2. The Morgan fingerprint density at radius 3 is 2.52 bits per heavy atom. The molecule has 0 spiro atoms. The van der Waals surface area contributed by atoms with E-state index in [4.69, 9.17) is 10.5 Å². The molecule has 6 heteroatoms. The average molecular weight is 422 g/mol. The molecule has 0 heterocycles. The van der Waals surface area contributed by atoms with Crippen LogP contribution >= 0.6 is 31.9 Å². The Bertz CT molecular complexity index is 458. The molecule has 0 saturated carbocycles. The van der Waals surface area contributed by atoms with Crippen LogP contribution in [0.5, 0.6) is 5.75 Å². The Morgan fingerprint density at radius 2 is 2.00 bits per heavy atom. The normalized spacial score (nSPS) is 12.0. The number of carbonyl (C=O) groups is 1. The van der Waals surface area contributed by atoms with Gasteiger partial charge in [-0.25, -0.2) is 0 Å². The number of nitrogens with two attached hydrogens (primary N) is 1. The second-order valence-corrected chi connectivity index (χ2v) is 6.54. The minimum atomic E-state index is -0.546. The number of unbranched alkanes of at least 4 members (excludes halogenated alkanes) is 1. The minimum absolute atomic E-state index is 0.103. The van der Waals surface area contributed by atoms with Gasteiger partial charge < -0.3 is 15.8 Å². The van der Waals surface area contributed by atoms with Crippen molar-refractivity contribution in [2.24, 2.45) is 5.73 Å². The van der Waals surface area contributed by atoms with Gasteiger partial charge in [0, 0.05) is 6.54 Å². The fourth-order valence-corrected chi connectivity index (χ4v) is 3.27. The Labute approximate surface area is 143 Å². The molecule has 1 atom stereocenters. The summed E-state index contributed by atoms with van der Waals surface area (Å²) in [5, 5.41) is 2.86. The molecule has 118 valence electrons. The van der Waals surface area contributed by atoms with Crippen molar-refractivity contribution in [3.05, 3.63) is 26.6 Å². The fourth-order valence-electron chi connectivity index (χ4n) is 1.80. The highest BCUT2D eigenvalue weighted by Crippen LogP contribution is 2.35. The van der Waals surface area contributed by atoms with Crippen molar-refractivity contribution in [3.63, 3.8) is 0 Å². The highest BCUT2D eigenvalue weighted by molar-refractivity contribution is 9.11. The molecule has 0 aromatic heterocycles. The van der Waals surface area contributed by atoms with Gasteiger partial charge in [0.05, 0.1) is 8.95 Å². The van der Waals surface area contributed by atoms with Crippen molar-refractivity contribution in [2.45, 2.75) is 39.2 Å². The van der Waals surface area contributed by atoms with Crippen LogP contribution in [-0.2, 0) is 11.2 Å². The first kappa shape index (κ1) is 18.5. The summed E-state index contributed by atoms with van der Waals surface area (Å²) < 4.78 is 7.39. The van der Waals surface area contributed by atoms with Crippen molar-refractivity contribution in [1.29, 1.82) is 0 Å². The molecule has 0 bridgehead atoms. The number of benzene rings is 1. The zero-order chi connectivity index (χ0) is 15.8. The van der Waals surface area contributed by atoms with Crippen molar-refractivity contribution < 1.29 is 9.53 Å². The third-order valence-electron chi connectivity index (χ3n) is 2.98. The summed E-state index contributed by atoms with van der Waals surface area (Å²) in [6.07, 6.45) is 2.27. The molecule has 1 amide bonds. The summed E-state index contributed by atoms with van der Waals surface area (Å²) in [5.74, 6) is 0.530. The monoisotopic (exact) mass is 420 g/mol. The lowest BCUT2D eigenvalue weighted by Gasteiger charge is -2.17. The number of carbonyl (C=O) groups excluding carboxylic acids is 1. The number of hydrogen-bond acceptors (Lipinski definition) is 3. The highest BCUT2D eigenvalue weighted by Gasteiger charge is 2.18. The number of halogens is 2. The average Bonchev–Trinajstić information content (AvgIpc) is 2.43. The van der Waals surface area contributed by atoms with Gasteiger partial charge in [0.1, 0.15) is 5.75 Å². The van der Waals surface area contributed by atoms with Crippen LogP contribution in [0.25, 0.3) is 0 Å². The summed E-state index contributed by atoms with van der Waals surface area (Å²) >= 11 is 6.96. The minimum Gasteiger partial charge on any atom is -0.479 e. The molecule has 0 fully saturated rings. The first-order chi connectivity index (χ1) is 9.99. The molecule has 0 radical (unpaired) electrons. The van der Waals surface area contributed by atoms with Crippen LogP contribution in [0.4, 0.5) is 0 Å². The SMILES string of the molecule is CCCCNC(=O)C(C)Oc1c(Br)cc(CCN)cc1Br. The lowest BCUT2D eigenvalue weighted by Crippen LogP contribution is -2.36. The van der Waals surface area contributed by atoms with Crippen LogP contribution in [0.15, 0.2) is 21.1 Å². The molecule has 1 rings (SSSR count). The predicted octanol–water partition coefficient (Wildman–Crippen LogP) is 3.40. The molecule has 1 aromatic rings. The molecule has 1 aromatic carbocycles. The van der Waals surface area contributed by atoms with Gasteiger partial charge in [0.2, 0.25) is 0 Å². The second-order valence-electron chi connectivity index (χ2n) is 4.83. The van der Waals surface area contributed by atoms with Crippen LogP contribution in [-0.4, -0.2) is 25.1 Å². The Morgan fingerprint density at radius 1 is 1.38 bits per heavy atom. The molecular formula is C15H22Br2N2O2. The van der Waals surface area contributed by atoms with Crippen LogP contribution in [0, 0.1) is 0 Å². The fraction of sp³-hybridized carbons (Fsp3) is 0.533. The maximum atomic E-state index is 11.9. The largest absolute Gasteiger partial charge is 0.479 e. The van der Waals surface area contributed by atoms with Crippen LogP contribution in [0.2, 0.25) is 0 Å². The van der Waals surface area contributed by atoms with E-state index >= 15 is 0 Å². The molecular weight excluding hydrogens is 400 g/mol. The first-order valence-electron chi connectivity index (χ1n) is 7.12. The summed E-state index contributed by atoms with van der Waals surface area (Å²) in [4.78, 5) is 11.9. The van der Waals surface area contributed by atoms with Crippen molar-refractivity contribution >= 4 is 37.8 Å². The molecule has 1 unspecified atom stereocenters. The number of nitrogens with one attached hydrogen (secondary N) is 1. The molecule has 21 heavy (non-hydrogen) atoms. The van der Waals surface area contributed by atoms with Gasteiger partial charge in [0.15, 0.2) is 6.10 Å². The lowest BCUT2D eigenvalue weighted by molar-refractivity contribution is -0.127. The second kappa shape index (κ2) is 9.43. The smallest absolute Gasteiger partial charge is 0.260 e. The number of ether oxygens (including phenoxy) is 1. The van der Waals surface area contributed by atoms with E-state index < -0.39 is 6.10 Å². The third kappa shape index (κ3) is 5.96. The van der Waals surface area contributed by atoms with E-state index in [1.807, 2.05) is 12.1 Å². The van der Waals surface area contributed by atoms with E-state index in [0.717, 1.165) is 33.8 Å². The van der Waals surface area contributed by atoms with Gasteiger partial charge in [-0.1, -0.05) is 13.3 Å². The van der Waals surface area contributed by atoms with Crippen LogP contribution in [0.3, 0.4) is 0 Å². The molecule has 4 nitrogen and oxygen atoms in total. The summed E-state index contributed by atoms with van der Waals surface area (Å²) in [7, 11) is 0. The van der Waals surface area contributed by atoms with Gasteiger partial charge in [-0.05, 0) is 75.9 Å². The molecule has 0 saturated heterocycles. The number of rotatable bonds is 8. The zero-order valence-electron chi connectivity index (χ0n) is 12.4. The van der Waals surface area contributed by atoms with Crippen LogP contribution in [0.1, 0.15) is 32.3 Å². The van der Waals surface area contributed by atoms with Crippen molar-refractivity contribution in [2.75, 3.05) is 13.1 Å². The molecule has 0 aliphatic rings.